The van der Waals surface area contributed by atoms with Gasteiger partial charge in [-0.15, -0.1) is 0 Å². The zero-order valence-corrected chi connectivity index (χ0v) is 52.7. The maximum absolute atomic E-state index is 13.1. The summed E-state index contributed by atoms with van der Waals surface area (Å²) in [6.07, 6.45) is 75.5. The van der Waals surface area contributed by atoms with Crippen molar-refractivity contribution >= 4 is 13.7 Å². The molecule has 3 unspecified atom stereocenters. The summed E-state index contributed by atoms with van der Waals surface area (Å²) in [4.78, 5) is 23.4. The number of likely N-dealkylation sites (N-methyl/N-ethyl adjacent to an activating group) is 1. The molecular formula is C67H134N2O6P+. The van der Waals surface area contributed by atoms with E-state index in [-0.39, 0.29) is 19.1 Å². The number of carbonyl (C=O) groups excluding carboxylic acids is 1. The first-order valence-corrected chi connectivity index (χ1v) is 35.2. The van der Waals surface area contributed by atoms with Crippen LogP contribution in [0.5, 0.6) is 0 Å². The van der Waals surface area contributed by atoms with Gasteiger partial charge in [-0.2, -0.15) is 0 Å². The summed E-state index contributed by atoms with van der Waals surface area (Å²) in [5, 5.41) is 14.1. The lowest BCUT2D eigenvalue weighted by molar-refractivity contribution is -0.870. The highest BCUT2D eigenvalue weighted by Crippen LogP contribution is 2.43. The van der Waals surface area contributed by atoms with Crippen molar-refractivity contribution in [2.75, 3.05) is 40.9 Å². The molecule has 0 rings (SSSR count). The van der Waals surface area contributed by atoms with Crippen molar-refractivity contribution in [1.82, 2.24) is 5.32 Å². The number of nitrogens with zero attached hydrogens (tertiary/aromatic N) is 1. The van der Waals surface area contributed by atoms with Crippen LogP contribution in [-0.2, 0) is 18.4 Å². The first-order chi connectivity index (χ1) is 37.0. The molecule has 0 aliphatic heterocycles. The molecule has 0 heterocycles. The van der Waals surface area contributed by atoms with Crippen LogP contribution < -0.4 is 5.32 Å². The van der Waals surface area contributed by atoms with Crippen molar-refractivity contribution in [3.05, 3.63) is 24.3 Å². The Kier molecular flexibility index (Phi) is 57.8. The van der Waals surface area contributed by atoms with Crippen LogP contribution >= 0.6 is 7.82 Å². The second-order valence-electron chi connectivity index (χ2n) is 24.6. The Bertz CT molecular complexity index is 1290. The quantitative estimate of drug-likeness (QED) is 0.0243. The van der Waals surface area contributed by atoms with Gasteiger partial charge in [0.1, 0.15) is 13.2 Å². The number of phosphoric ester groups is 1. The third kappa shape index (κ3) is 60.6. The van der Waals surface area contributed by atoms with Crippen LogP contribution in [0.25, 0.3) is 0 Å². The summed E-state index contributed by atoms with van der Waals surface area (Å²) in [6.45, 7) is 4.94. The van der Waals surface area contributed by atoms with Crippen molar-refractivity contribution in [2.45, 2.75) is 360 Å². The van der Waals surface area contributed by atoms with Crippen molar-refractivity contribution < 1.29 is 32.9 Å². The monoisotopic (exact) mass is 1090 g/mol. The molecule has 0 aromatic carbocycles. The van der Waals surface area contributed by atoms with Crippen LogP contribution in [-0.4, -0.2) is 73.4 Å². The van der Waals surface area contributed by atoms with Crippen LogP contribution in [0, 0.1) is 0 Å². The molecule has 0 bridgehead atoms. The number of quaternary nitrogens is 1. The number of hydrogen-bond acceptors (Lipinski definition) is 5. The number of amides is 1. The fourth-order valence-electron chi connectivity index (χ4n) is 10.4. The van der Waals surface area contributed by atoms with E-state index in [1.165, 1.54) is 276 Å². The van der Waals surface area contributed by atoms with E-state index in [0.717, 1.165) is 44.9 Å². The largest absolute Gasteiger partial charge is 0.472 e. The zero-order chi connectivity index (χ0) is 55.6. The summed E-state index contributed by atoms with van der Waals surface area (Å²) in [7, 11) is 1.63. The molecule has 76 heavy (non-hydrogen) atoms. The van der Waals surface area contributed by atoms with Gasteiger partial charge < -0.3 is 19.8 Å². The summed E-state index contributed by atoms with van der Waals surface area (Å²) in [5.74, 6) is -0.136. The summed E-state index contributed by atoms with van der Waals surface area (Å²) in [6, 6.07) is -0.759. The highest BCUT2D eigenvalue weighted by molar-refractivity contribution is 7.47. The molecule has 452 valence electrons. The summed E-state index contributed by atoms with van der Waals surface area (Å²) < 4.78 is 23.9. The first kappa shape index (κ1) is 75.0. The van der Waals surface area contributed by atoms with E-state index in [1.807, 2.05) is 21.1 Å². The maximum atomic E-state index is 13.1. The predicted molar refractivity (Wildman–Crippen MR) is 332 cm³/mol. The molecule has 9 heteroatoms. The molecule has 0 spiro atoms. The van der Waals surface area contributed by atoms with Gasteiger partial charge in [-0.3, -0.25) is 13.8 Å². The Morgan fingerprint density at radius 2 is 0.750 bits per heavy atom. The number of phosphoric acid groups is 1. The Morgan fingerprint density at radius 3 is 1.08 bits per heavy atom. The number of carbonyl (C=O) groups is 1. The van der Waals surface area contributed by atoms with Gasteiger partial charge in [-0.05, 0) is 44.9 Å². The molecule has 0 aromatic heterocycles. The Hall–Kier alpha value is -1.02. The van der Waals surface area contributed by atoms with E-state index in [2.05, 4.69) is 43.5 Å². The third-order valence-corrected chi connectivity index (χ3v) is 16.7. The van der Waals surface area contributed by atoms with Crippen LogP contribution in [0.3, 0.4) is 0 Å². The number of hydrogen-bond donors (Lipinski definition) is 3. The Morgan fingerprint density at radius 1 is 0.447 bits per heavy atom. The van der Waals surface area contributed by atoms with Crippen LogP contribution in [0.1, 0.15) is 348 Å². The van der Waals surface area contributed by atoms with Crippen molar-refractivity contribution in [3.63, 3.8) is 0 Å². The van der Waals surface area contributed by atoms with E-state index < -0.39 is 20.0 Å². The molecule has 0 aliphatic rings. The van der Waals surface area contributed by atoms with Gasteiger partial charge in [-0.25, -0.2) is 4.57 Å². The molecule has 0 aromatic rings. The topological polar surface area (TPSA) is 105 Å². The van der Waals surface area contributed by atoms with E-state index in [0.29, 0.717) is 23.9 Å². The van der Waals surface area contributed by atoms with Gasteiger partial charge in [0.25, 0.3) is 0 Å². The van der Waals surface area contributed by atoms with Gasteiger partial charge in [0.2, 0.25) is 5.91 Å². The molecule has 3 atom stereocenters. The predicted octanol–water partition coefficient (Wildman–Crippen LogP) is 21.1. The minimum Gasteiger partial charge on any atom is -0.391 e. The van der Waals surface area contributed by atoms with Gasteiger partial charge in [0.05, 0.1) is 39.9 Å². The van der Waals surface area contributed by atoms with Gasteiger partial charge in [-0.1, -0.05) is 321 Å². The average Bonchev–Trinajstić information content (AvgIpc) is 3.38. The fraction of sp³-hybridized carbons (Fsp3) is 0.925. The molecule has 0 saturated carbocycles. The van der Waals surface area contributed by atoms with E-state index in [9.17, 15) is 19.4 Å². The average molecular weight is 1090 g/mol. The third-order valence-electron chi connectivity index (χ3n) is 15.7. The van der Waals surface area contributed by atoms with Crippen molar-refractivity contribution in [3.8, 4) is 0 Å². The first-order valence-electron chi connectivity index (χ1n) is 33.7. The van der Waals surface area contributed by atoms with Crippen molar-refractivity contribution in [2.24, 2.45) is 0 Å². The molecule has 8 nitrogen and oxygen atoms in total. The molecule has 1 amide bonds. The number of unbranched alkanes of at least 4 members (excludes halogenated alkanes) is 46. The second kappa shape index (κ2) is 58.6. The molecule has 0 saturated heterocycles. The molecule has 0 fully saturated rings. The highest BCUT2D eigenvalue weighted by Gasteiger charge is 2.28. The standard InChI is InChI=1S/C67H133N2O6P/c1-6-8-10-12-14-16-18-20-22-24-26-28-30-31-32-33-34-35-36-37-39-41-43-45-47-49-51-53-55-57-59-61-67(71)68-65(64-75-76(72,73)74-63-62-69(3,4)5)66(70)60-58-56-54-52-50-48-46-44-42-40-38-29-27-25-23-21-19-17-15-13-11-9-7-2/h18,20,24,26,65-66,70H,6-17,19,21-23,25,27-64H2,1-5H3,(H-,68,71,72,73)/p+1/b20-18-,26-24-. The smallest absolute Gasteiger partial charge is 0.391 e. The van der Waals surface area contributed by atoms with E-state index in [4.69, 9.17) is 9.05 Å². The molecular weight excluding hydrogens is 960 g/mol. The lowest BCUT2D eigenvalue weighted by atomic mass is 10.0. The molecule has 0 radical (unpaired) electrons. The summed E-state index contributed by atoms with van der Waals surface area (Å²) >= 11 is 0. The summed E-state index contributed by atoms with van der Waals surface area (Å²) in [5.41, 5.74) is 0. The van der Waals surface area contributed by atoms with Gasteiger partial charge in [0, 0.05) is 6.42 Å². The maximum Gasteiger partial charge on any atom is 0.472 e. The fourth-order valence-corrected chi connectivity index (χ4v) is 11.2. The number of aliphatic hydroxyl groups excluding tert-OH is 1. The van der Waals surface area contributed by atoms with Gasteiger partial charge >= 0.3 is 7.82 Å². The minimum atomic E-state index is -4.33. The van der Waals surface area contributed by atoms with Crippen LogP contribution in [0.4, 0.5) is 0 Å². The highest BCUT2D eigenvalue weighted by atomic mass is 31.2. The Labute approximate surface area is 474 Å². The van der Waals surface area contributed by atoms with E-state index >= 15 is 0 Å². The molecule has 3 N–H and O–H groups in total. The minimum absolute atomic E-state index is 0.0775. The van der Waals surface area contributed by atoms with Crippen LogP contribution in [0.15, 0.2) is 24.3 Å². The number of rotatable bonds is 63. The number of allylic oxidation sites excluding steroid dienone is 4. The van der Waals surface area contributed by atoms with E-state index in [1.54, 1.807) is 0 Å². The molecule has 0 aliphatic carbocycles. The van der Waals surface area contributed by atoms with Gasteiger partial charge in [0.15, 0.2) is 0 Å². The van der Waals surface area contributed by atoms with Crippen molar-refractivity contribution in [1.29, 1.82) is 0 Å². The number of aliphatic hydroxyl groups is 1. The second-order valence-corrected chi connectivity index (χ2v) is 26.0. The Balaban J connectivity index is 4.01. The lowest BCUT2D eigenvalue weighted by Crippen LogP contribution is -2.46. The van der Waals surface area contributed by atoms with Crippen LogP contribution in [0.2, 0.25) is 0 Å². The normalized spacial score (nSPS) is 13.8. The number of nitrogens with one attached hydrogen (secondary N) is 1. The SMILES string of the molecule is CCCCCCC/C=C\C/C=C\CCCCCCCCCCCCCCCCCCCCCC(=O)NC(COP(=O)(O)OCC[N+](C)(C)C)C(O)CCCCCCCCCCCCCCCCCCCCCCCCC. The lowest BCUT2D eigenvalue weighted by Gasteiger charge is -2.26. The zero-order valence-electron chi connectivity index (χ0n) is 51.8.